The molecule has 4 nitrogen and oxygen atoms in total. The highest BCUT2D eigenvalue weighted by Gasteiger charge is 2.07. The van der Waals surface area contributed by atoms with Crippen LogP contribution in [0, 0.1) is 13.8 Å². The molecule has 2 amide bonds. The summed E-state index contributed by atoms with van der Waals surface area (Å²) in [6.07, 6.45) is 3.58. The Morgan fingerprint density at radius 2 is 2.00 bits per heavy atom. The second-order valence-electron chi connectivity index (χ2n) is 4.83. The van der Waals surface area contributed by atoms with Crippen molar-refractivity contribution in [1.82, 2.24) is 5.32 Å². The van der Waals surface area contributed by atoms with Crippen LogP contribution in [0.25, 0.3) is 0 Å². The lowest BCUT2D eigenvalue weighted by molar-refractivity contribution is 0.119. The van der Waals surface area contributed by atoms with E-state index >= 15 is 0 Å². The molecule has 0 bridgehead atoms. The zero-order chi connectivity index (χ0) is 13.7. The Morgan fingerprint density at radius 1 is 1.26 bits per heavy atom. The van der Waals surface area contributed by atoms with Crippen LogP contribution in [0.1, 0.15) is 24.0 Å². The highest BCUT2D eigenvalue weighted by Crippen LogP contribution is 2.16. The zero-order valence-corrected chi connectivity index (χ0v) is 11.5. The highest BCUT2D eigenvalue weighted by molar-refractivity contribution is 5.90. The van der Waals surface area contributed by atoms with E-state index in [0.29, 0.717) is 0 Å². The first-order chi connectivity index (χ1) is 9.15. The van der Waals surface area contributed by atoms with Gasteiger partial charge in [-0.15, -0.1) is 0 Å². The molecule has 0 radical (unpaired) electrons. The molecule has 19 heavy (non-hydrogen) atoms. The molecule has 1 aliphatic heterocycles. The maximum absolute atomic E-state index is 11.8. The predicted octanol–water partition coefficient (Wildman–Crippen LogP) is 3.12. The number of carbonyl (C=O) groups excluding carboxylic acids is 1. The Morgan fingerprint density at radius 3 is 2.68 bits per heavy atom. The molecule has 0 saturated carbocycles. The van der Waals surface area contributed by atoms with E-state index in [0.717, 1.165) is 37.3 Å². The molecule has 1 aromatic carbocycles. The van der Waals surface area contributed by atoms with Crippen LogP contribution >= 0.6 is 0 Å². The Hall–Kier alpha value is -1.81. The highest BCUT2D eigenvalue weighted by atomic mass is 16.5. The van der Waals surface area contributed by atoms with Crippen LogP contribution in [0.15, 0.2) is 30.0 Å². The first-order valence-corrected chi connectivity index (χ1v) is 6.55. The Kier molecular flexibility index (Phi) is 4.58. The van der Waals surface area contributed by atoms with Gasteiger partial charge in [0.2, 0.25) is 0 Å². The largest absolute Gasteiger partial charge is 0.381 e. The molecule has 1 aromatic rings. The molecule has 0 aliphatic carbocycles. The van der Waals surface area contributed by atoms with Gasteiger partial charge in [0.05, 0.1) is 13.2 Å². The molecule has 0 unspecified atom stereocenters. The van der Waals surface area contributed by atoms with Crippen molar-refractivity contribution >= 4 is 11.7 Å². The molecule has 1 saturated heterocycles. The van der Waals surface area contributed by atoms with Crippen molar-refractivity contribution in [3.63, 3.8) is 0 Å². The molecule has 2 rings (SSSR count). The Labute approximate surface area is 113 Å². The number of urea groups is 1. The molecule has 0 spiro atoms. The van der Waals surface area contributed by atoms with E-state index in [1.54, 1.807) is 6.20 Å². The van der Waals surface area contributed by atoms with Gasteiger partial charge in [0.15, 0.2) is 0 Å². The number of nitrogens with one attached hydrogen (secondary N) is 2. The summed E-state index contributed by atoms with van der Waals surface area (Å²) in [6, 6.07) is 5.75. The normalized spacial score (nSPS) is 14.9. The second kappa shape index (κ2) is 6.38. The van der Waals surface area contributed by atoms with Gasteiger partial charge in [-0.05, 0) is 43.9 Å². The fraction of sp³-hybridized carbons (Fsp3) is 0.400. The number of benzene rings is 1. The van der Waals surface area contributed by atoms with Crippen molar-refractivity contribution in [3.05, 3.63) is 41.1 Å². The SMILES string of the molecule is Cc1ccc(NC(=O)NC=C2CCOCC2)c(C)c1. The van der Waals surface area contributed by atoms with Crippen LogP contribution in [-0.2, 0) is 4.74 Å². The number of rotatable bonds is 2. The molecule has 1 aliphatic rings. The Bertz CT molecular complexity index is 487. The monoisotopic (exact) mass is 260 g/mol. The van der Waals surface area contributed by atoms with E-state index in [9.17, 15) is 4.79 Å². The number of hydrogen-bond acceptors (Lipinski definition) is 2. The minimum Gasteiger partial charge on any atom is -0.381 e. The standard InChI is InChI=1S/C15H20N2O2/c1-11-3-4-14(12(2)9-11)17-15(18)16-10-13-5-7-19-8-6-13/h3-4,9-10H,5-8H2,1-2H3,(H2,16,17,18). The summed E-state index contributed by atoms with van der Waals surface area (Å²) in [6.45, 7) is 5.50. The number of hydrogen-bond donors (Lipinski definition) is 2. The van der Waals surface area contributed by atoms with Crippen molar-refractivity contribution < 1.29 is 9.53 Å². The number of carbonyl (C=O) groups is 1. The van der Waals surface area contributed by atoms with E-state index < -0.39 is 0 Å². The van der Waals surface area contributed by atoms with Crippen molar-refractivity contribution in [2.75, 3.05) is 18.5 Å². The summed E-state index contributed by atoms with van der Waals surface area (Å²) < 4.78 is 5.26. The molecule has 0 atom stereocenters. The lowest BCUT2D eigenvalue weighted by Crippen LogP contribution is -2.25. The molecular weight excluding hydrogens is 240 g/mol. The van der Waals surface area contributed by atoms with E-state index in [1.807, 2.05) is 32.0 Å². The third-order valence-corrected chi connectivity index (χ3v) is 3.17. The Balaban J connectivity index is 1.90. The first-order valence-electron chi connectivity index (χ1n) is 6.55. The molecule has 2 N–H and O–H groups in total. The van der Waals surface area contributed by atoms with E-state index in [4.69, 9.17) is 4.74 Å². The maximum Gasteiger partial charge on any atom is 0.323 e. The molecular formula is C15H20N2O2. The summed E-state index contributed by atoms with van der Waals surface area (Å²) in [5.74, 6) is 0. The number of ether oxygens (including phenoxy) is 1. The van der Waals surface area contributed by atoms with Gasteiger partial charge in [0.1, 0.15) is 0 Å². The van der Waals surface area contributed by atoms with Gasteiger partial charge >= 0.3 is 6.03 Å². The third kappa shape index (κ3) is 4.10. The molecule has 4 heteroatoms. The summed E-state index contributed by atoms with van der Waals surface area (Å²) in [4.78, 5) is 11.8. The van der Waals surface area contributed by atoms with Crippen molar-refractivity contribution in [1.29, 1.82) is 0 Å². The summed E-state index contributed by atoms with van der Waals surface area (Å²) in [7, 11) is 0. The average molecular weight is 260 g/mol. The second-order valence-corrected chi connectivity index (χ2v) is 4.83. The minimum atomic E-state index is -0.203. The van der Waals surface area contributed by atoms with Crippen LogP contribution in [0.2, 0.25) is 0 Å². The van der Waals surface area contributed by atoms with Crippen LogP contribution < -0.4 is 10.6 Å². The van der Waals surface area contributed by atoms with Crippen LogP contribution in [0.5, 0.6) is 0 Å². The quantitative estimate of drug-likeness (QED) is 0.858. The van der Waals surface area contributed by atoms with E-state index in [2.05, 4.69) is 10.6 Å². The van der Waals surface area contributed by atoms with Gasteiger partial charge in [0.25, 0.3) is 0 Å². The lowest BCUT2D eigenvalue weighted by atomic mass is 10.1. The first kappa shape index (κ1) is 13.6. The topological polar surface area (TPSA) is 50.4 Å². The van der Waals surface area contributed by atoms with Crippen molar-refractivity contribution in [3.8, 4) is 0 Å². The smallest absolute Gasteiger partial charge is 0.323 e. The third-order valence-electron chi connectivity index (χ3n) is 3.17. The number of anilines is 1. The lowest BCUT2D eigenvalue weighted by Gasteiger charge is -2.15. The van der Waals surface area contributed by atoms with Crippen LogP contribution in [0.3, 0.4) is 0 Å². The minimum absolute atomic E-state index is 0.203. The van der Waals surface area contributed by atoms with Crippen molar-refractivity contribution in [2.45, 2.75) is 26.7 Å². The van der Waals surface area contributed by atoms with Crippen LogP contribution in [-0.4, -0.2) is 19.2 Å². The summed E-state index contributed by atoms with van der Waals surface area (Å²) in [5, 5.41) is 5.63. The maximum atomic E-state index is 11.8. The summed E-state index contributed by atoms with van der Waals surface area (Å²) >= 11 is 0. The predicted molar refractivity (Wildman–Crippen MR) is 76.2 cm³/mol. The number of amides is 2. The van der Waals surface area contributed by atoms with Gasteiger partial charge < -0.3 is 15.4 Å². The van der Waals surface area contributed by atoms with E-state index in [1.165, 1.54) is 11.1 Å². The summed E-state index contributed by atoms with van der Waals surface area (Å²) in [5.41, 5.74) is 4.32. The zero-order valence-electron chi connectivity index (χ0n) is 11.5. The van der Waals surface area contributed by atoms with Crippen molar-refractivity contribution in [2.24, 2.45) is 0 Å². The molecule has 1 heterocycles. The molecule has 1 fully saturated rings. The molecule has 102 valence electrons. The molecule has 0 aromatic heterocycles. The van der Waals surface area contributed by atoms with Gasteiger partial charge in [-0.25, -0.2) is 4.79 Å². The number of aryl methyl sites for hydroxylation is 2. The fourth-order valence-electron chi connectivity index (χ4n) is 2.06. The van der Waals surface area contributed by atoms with Gasteiger partial charge in [0, 0.05) is 11.9 Å². The van der Waals surface area contributed by atoms with Gasteiger partial charge in [-0.1, -0.05) is 17.7 Å². The van der Waals surface area contributed by atoms with Crippen LogP contribution in [0.4, 0.5) is 10.5 Å². The fourth-order valence-corrected chi connectivity index (χ4v) is 2.06. The van der Waals surface area contributed by atoms with Gasteiger partial charge in [-0.3, -0.25) is 0 Å². The van der Waals surface area contributed by atoms with Gasteiger partial charge in [-0.2, -0.15) is 0 Å². The average Bonchev–Trinajstić information content (AvgIpc) is 2.41. The van der Waals surface area contributed by atoms with E-state index in [-0.39, 0.29) is 6.03 Å².